The van der Waals surface area contributed by atoms with Crippen molar-refractivity contribution in [1.29, 1.82) is 0 Å². The van der Waals surface area contributed by atoms with E-state index in [-0.39, 0.29) is 0 Å². The molecule has 2 aliphatic rings. The van der Waals surface area contributed by atoms with Gasteiger partial charge in [-0.25, -0.2) is 9.59 Å². The number of cyclic esters (lactones) is 2. The normalized spacial score (nSPS) is 22.6. The quantitative estimate of drug-likeness (QED) is 0.372. The Morgan fingerprint density at radius 3 is 1.24 bits per heavy atom. The van der Waals surface area contributed by atoms with Gasteiger partial charge in [-0.3, -0.25) is 0 Å². The summed E-state index contributed by atoms with van der Waals surface area (Å²) in [5, 5.41) is 0. The van der Waals surface area contributed by atoms with Crippen LogP contribution < -0.4 is 0 Å². The van der Waals surface area contributed by atoms with Crippen LogP contribution in [0.25, 0.3) is 0 Å². The Bertz CT molecular complexity index is 1340. The first-order valence-electron chi connectivity index (χ1n) is 11.3. The number of carbonyl (C=O) groups excluding carboxylic acids is 2. The molecule has 34 heavy (non-hydrogen) atoms. The number of rotatable bonds is 3. The molecule has 2 heterocycles. The van der Waals surface area contributed by atoms with E-state index in [2.05, 4.69) is 0 Å². The number of aryl methyl sites for hydroxylation is 2. The zero-order chi connectivity index (χ0) is 23.5. The van der Waals surface area contributed by atoms with Gasteiger partial charge in [0.05, 0.1) is 11.1 Å². The highest BCUT2D eigenvalue weighted by atomic mass is 16.6. The lowest BCUT2D eigenvalue weighted by molar-refractivity contribution is -0.112. The summed E-state index contributed by atoms with van der Waals surface area (Å²) >= 11 is 0. The van der Waals surface area contributed by atoms with E-state index in [1.165, 1.54) is 0 Å². The summed E-state index contributed by atoms with van der Waals surface area (Å²) in [7, 11) is 0. The number of esters is 2. The van der Waals surface area contributed by atoms with Crippen molar-refractivity contribution in [3.05, 3.63) is 142 Å². The molecule has 0 bridgehead atoms. The monoisotopic (exact) mass is 446 g/mol. The Balaban J connectivity index is 1.80. The van der Waals surface area contributed by atoms with E-state index in [0.29, 0.717) is 22.3 Å². The largest absolute Gasteiger partial charge is 0.440 e. The molecule has 2 aliphatic heterocycles. The van der Waals surface area contributed by atoms with Gasteiger partial charge >= 0.3 is 11.9 Å². The lowest BCUT2D eigenvalue weighted by Gasteiger charge is -2.45. The Labute approximate surface area is 197 Å². The third-order valence-corrected chi connectivity index (χ3v) is 6.96. The highest BCUT2D eigenvalue weighted by Gasteiger charge is 2.68. The van der Waals surface area contributed by atoms with Crippen LogP contribution in [0.4, 0.5) is 0 Å². The molecule has 0 N–H and O–H groups in total. The van der Waals surface area contributed by atoms with Crippen LogP contribution in [0.3, 0.4) is 0 Å². The molecule has 0 spiro atoms. The van der Waals surface area contributed by atoms with Crippen LogP contribution in [-0.2, 0) is 20.7 Å². The van der Waals surface area contributed by atoms with Crippen molar-refractivity contribution in [2.75, 3.05) is 0 Å². The van der Waals surface area contributed by atoms with Crippen molar-refractivity contribution in [1.82, 2.24) is 0 Å². The zero-order valence-electron chi connectivity index (χ0n) is 18.9. The topological polar surface area (TPSA) is 52.6 Å². The van der Waals surface area contributed by atoms with Gasteiger partial charge in [0, 0.05) is 22.3 Å². The zero-order valence-corrected chi connectivity index (χ0v) is 18.9. The SMILES string of the molecule is Cc1ccc(C2(C3(c4ccc(C)cc4)OC(=O)c4ccccc43)OC(=O)c3ccccc32)cc1. The minimum Gasteiger partial charge on any atom is -0.440 e. The van der Waals surface area contributed by atoms with Crippen molar-refractivity contribution >= 4 is 11.9 Å². The molecule has 2 atom stereocenters. The molecule has 0 aromatic heterocycles. The van der Waals surface area contributed by atoms with E-state index in [1.54, 1.807) is 12.1 Å². The minimum atomic E-state index is -1.41. The molecule has 0 amide bonds. The number of benzene rings is 4. The summed E-state index contributed by atoms with van der Waals surface area (Å²) in [6.07, 6.45) is 0. The highest BCUT2D eigenvalue weighted by molar-refractivity contribution is 5.99. The summed E-state index contributed by atoms with van der Waals surface area (Å²) in [6.45, 7) is 4.01. The molecule has 0 radical (unpaired) electrons. The molecule has 4 aromatic carbocycles. The van der Waals surface area contributed by atoms with Gasteiger partial charge in [0.15, 0.2) is 0 Å². The van der Waals surface area contributed by atoms with Gasteiger partial charge in [-0.15, -0.1) is 0 Å². The molecule has 0 saturated carbocycles. The second kappa shape index (κ2) is 7.16. The maximum absolute atomic E-state index is 13.3. The maximum atomic E-state index is 13.3. The van der Waals surface area contributed by atoms with Gasteiger partial charge in [0.1, 0.15) is 0 Å². The number of carbonyl (C=O) groups is 2. The highest BCUT2D eigenvalue weighted by Crippen LogP contribution is 2.60. The Morgan fingerprint density at radius 2 is 0.853 bits per heavy atom. The van der Waals surface area contributed by atoms with E-state index in [9.17, 15) is 9.59 Å². The Morgan fingerprint density at radius 1 is 0.500 bits per heavy atom. The van der Waals surface area contributed by atoms with Crippen LogP contribution in [0.2, 0.25) is 0 Å². The summed E-state index contributed by atoms with van der Waals surface area (Å²) < 4.78 is 12.8. The fourth-order valence-electron chi connectivity index (χ4n) is 5.37. The number of hydrogen-bond acceptors (Lipinski definition) is 4. The summed E-state index contributed by atoms with van der Waals surface area (Å²) in [5.74, 6) is -0.883. The van der Waals surface area contributed by atoms with E-state index >= 15 is 0 Å². The van der Waals surface area contributed by atoms with Gasteiger partial charge in [-0.05, 0) is 26.0 Å². The molecular weight excluding hydrogens is 424 g/mol. The smallest absolute Gasteiger partial charge is 0.339 e. The fourth-order valence-corrected chi connectivity index (χ4v) is 5.37. The summed E-state index contributed by atoms with van der Waals surface area (Å²) in [6, 6.07) is 30.5. The molecule has 6 rings (SSSR count). The standard InChI is InChI=1S/C30H22O4/c1-19-11-15-21(16-12-19)29(25-9-5-3-7-23(25)27(31)33-29)30(22-17-13-20(2)14-18-22)26-10-6-4-8-24(26)28(32)34-30/h3-18H,1-2H3. The lowest BCUT2D eigenvalue weighted by atomic mass is 9.66. The Kier molecular flexibility index (Phi) is 4.30. The molecule has 4 heteroatoms. The van der Waals surface area contributed by atoms with Gasteiger partial charge in [0.25, 0.3) is 0 Å². The van der Waals surface area contributed by atoms with Crippen molar-refractivity contribution in [2.24, 2.45) is 0 Å². The van der Waals surface area contributed by atoms with Crippen LogP contribution in [0, 0.1) is 13.8 Å². The van der Waals surface area contributed by atoms with Crippen LogP contribution in [0.5, 0.6) is 0 Å². The van der Waals surface area contributed by atoms with Crippen LogP contribution >= 0.6 is 0 Å². The van der Waals surface area contributed by atoms with Gasteiger partial charge in [-0.1, -0.05) is 96.1 Å². The molecule has 2 unspecified atom stereocenters. The molecule has 166 valence electrons. The van der Waals surface area contributed by atoms with Crippen molar-refractivity contribution in [2.45, 2.75) is 25.0 Å². The fraction of sp³-hybridized carbons (Fsp3) is 0.133. The first-order chi connectivity index (χ1) is 16.5. The predicted octanol–water partition coefficient (Wildman–Crippen LogP) is 5.83. The van der Waals surface area contributed by atoms with E-state index < -0.39 is 23.1 Å². The minimum absolute atomic E-state index is 0.442. The number of hydrogen-bond donors (Lipinski definition) is 0. The molecule has 4 aromatic rings. The summed E-state index contributed by atoms with van der Waals surface area (Å²) in [5.41, 5.74) is 3.09. The number of ether oxygens (including phenoxy) is 2. The van der Waals surface area contributed by atoms with E-state index in [0.717, 1.165) is 22.3 Å². The first-order valence-corrected chi connectivity index (χ1v) is 11.3. The Hall–Kier alpha value is -4.18. The average Bonchev–Trinajstić information content (AvgIpc) is 3.34. The maximum Gasteiger partial charge on any atom is 0.339 e. The third kappa shape index (κ3) is 2.54. The van der Waals surface area contributed by atoms with E-state index in [4.69, 9.17) is 9.47 Å². The lowest BCUT2D eigenvalue weighted by Crippen LogP contribution is -2.51. The van der Waals surface area contributed by atoms with Crippen LogP contribution in [0.1, 0.15) is 54.1 Å². The molecule has 4 nitrogen and oxygen atoms in total. The molecular formula is C30H22O4. The van der Waals surface area contributed by atoms with Gasteiger partial charge < -0.3 is 9.47 Å². The van der Waals surface area contributed by atoms with Crippen molar-refractivity contribution in [3.8, 4) is 0 Å². The molecule has 0 aliphatic carbocycles. The van der Waals surface area contributed by atoms with Crippen molar-refractivity contribution in [3.63, 3.8) is 0 Å². The predicted molar refractivity (Wildman–Crippen MR) is 128 cm³/mol. The second-order valence-electron chi connectivity index (χ2n) is 8.96. The first kappa shape index (κ1) is 20.4. The van der Waals surface area contributed by atoms with Crippen LogP contribution in [0.15, 0.2) is 97.1 Å². The van der Waals surface area contributed by atoms with E-state index in [1.807, 2.05) is 98.8 Å². The summed E-state index contributed by atoms with van der Waals surface area (Å²) in [4.78, 5) is 26.7. The van der Waals surface area contributed by atoms with Crippen molar-refractivity contribution < 1.29 is 19.1 Å². The second-order valence-corrected chi connectivity index (χ2v) is 8.96. The molecule has 0 saturated heterocycles. The van der Waals surface area contributed by atoms with Gasteiger partial charge in [0.2, 0.25) is 11.2 Å². The van der Waals surface area contributed by atoms with Crippen LogP contribution in [-0.4, -0.2) is 11.9 Å². The number of fused-ring (bicyclic) bond motifs is 2. The molecule has 0 fully saturated rings. The average molecular weight is 447 g/mol. The van der Waals surface area contributed by atoms with Gasteiger partial charge in [-0.2, -0.15) is 0 Å². The third-order valence-electron chi connectivity index (χ3n) is 6.96.